The smallest absolute Gasteiger partial charge is 0.331 e. The third-order valence-electron chi connectivity index (χ3n) is 5.74. The number of amides is 1. The molecular weight excluding hydrogens is 476 g/mol. The summed E-state index contributed by atoms with van der Waals surface area (Å²) in [5.41, 5.74) is -0.165. The lowest BCUT2D eigenvalue weighted by molar-refractivity contribution is -0.121. The maximum atomic E-state index is 13.5. The van der Waals surface area contributed by atoms with Crippen molar-refractivity contribution < 1.29 is 19.5 Å². The molecule has 1 aromatic carbocycles. The molecule has 0 saturated heterocycles. The molecule has 0 radical (unpaired) electrons. The van der Waals surface area contributed by atoms with Crippen LogP contribution in [-0.4, -0.2) is 45.1 Å². The second kappa shape index (κ2) is 13.8. The lowest BCUT2D eigenvalue weighted by Crippen LogP contribution is -2.48. The first-order valence-corrected chi connectivity index (χ1v) is 12.6. The molecule has 2 N–H and O–H groups in total. The highest BCUT2D eigenvalue weighted by molar-refractivity contribution is 5.97. The molecule has 2 rings (SSSR count). The summed E-state index contributed by atoms with van der Waals surface area (Å²) in [7, 11) is 1.50. The van der Waals surface area contributed by atoms with Gasteiger partial charge in [-0.15, -0.1) is 0 Å². The van der Waals surface area contributed by atoms with E-state index >= 15 is 0 Å². The quantitative estimate of drug-likeness (QED) is 0.312. The fourth-order valence-electron chi connectivity index (χ4n) is 3.95. The summed E-state index contributed by atoms with van der Waals surface area (Å²) in [4.78, 5) is 44.5. The zero-order valence-corrected chi connectivity index (χ0v) is 22.9. The predicted molar refractivity (Wildman–Crippen MR) is 143 cm³/mol. The number of benzene rings is 1. The lowest BCUT2D eigenvalue weighted by Gasteiger charge is -2.23. The number of methoxy groups -OCH3 is 1. The Labute approximate surface area is 217 Å². The van der Waals surface area contributed by atoms with Crippen LogP contribution in [0.25, 0.3) is 0 Å². The normalized spacial score (nSPS) is 13.5. The van der Waals surface area contributed by atoms with Crippen molar-refractivity contribution in [3.8, 4) is 5.75 Å². The summed E-state index contributed by atoms with van der Waals surface area (Å²) in [6, 6.07) is 6.56. The maximum Gasteiger partial charge on any atom is 0.331 e. The van der Waals surface area contributed by atoms with Gasteiger partial charge in [-0.05, 0) is 39.2 Å². The molecule has 0 bridgehead atoms. The Balaban J connectivity index is 2.61. The van der Waals surface area contributed by atoms with E-state index in [0.29, 0.717) is 23.4 Å². The third kappa shape index (κ3) is 8.31. The first kappa shape index (κ1) is 29.8. The Kier molecular flexibility index (Phi) is 11.1. The van der Waals surface area contributed by atoms with Gasteiger partial charge in [0.25, 0.3) is 5.56 Å². The molecule has 0 aliphatic rings. The fraction of sp³-hybridized carbons (Fsp3) is 0.556. The Morgan fingerprint density at radius 3 is 2.41 bits per heavy atom. The molecule has 0 aliphatic heterocycles. The van der Waals surface area contributed by atoms with Gasteiger partial charge in [0.2, 0.25) is 5.91 Å². The van der Waals surface area contributed by atoms with E-state index in [1.165, 1.54) is 17.9 Å². The zero-order chi connectivity index (χ0) is 27.7. The highest BCUT2D eigenvalue weighted by Gasteiger charge is 2.22. The molecule has 1 heterocycles. The van der Waals surface area contributed by atoms with E-state index in [0.717, 1.165) is 4.57 Å². The number of hydrogen-bond acceptors (Lipinski definition) is 7. The van der Waals surface area contributed by atoms with Gasteiger partial charge in [0.1, 0.15) is 18.0 Å². The highest BCUT2D eigenvalue weighted by atomic mass is 16.6. The van der Waals surface area contributed by atoms with E-state index in [1.54, 1.807) is 38.1 Å². The van der Waals surface area contributed by atoms with E-state index < -0.39 is 23.4 Å². The molecule has 10 nitrogen and oxygen atoms in total. The first-order chi connectivity index (χ1) is 17.5. The van der Waals surface area contributed by atoms with Gasteiger partial charge in [-0.3, -0.25) is 18.7 Å². The van der Waals surface area contributed by atoms with E-state index in [1.807, 2.05) is 27.7 Å². The molecule has 0 spiro atoms. The number of oxime groups is 1. The summed E-state index contributed by atoms with van der Waals surface area (Å²) in [5.74, 6) is 0.544. The van der Waals surface area contributed by atoms with Gasteiger partial charge in [0, 0.05) is 24.2 Å². The third-order valence-corrected chi connectivity index (χ3v) is 5.74. The van der Waals surface area contributed by atoms with Gasteiger partial charge in [0.15, 0.2) is 0 Å². The number of nitrogens with zero attached hydrogens (tertiary/aromatic N) is 3. The molecule has 0 saturated carbocycles. The summed E-state index contributed by atoms with van der Waals surface area (Å²) >= 11 is 0. The van der Waals surface area contributed by atoms with Crippen molar-refractivity contribution in [2.24, 2.45) is 11.1 Å². The molecular formula is C27H40N4O6. The Hall–Kier alpha value is -3.40. The summed E-state index contributed by atoms with van der Waals surface area (Å²) in [6.07, 6.45) is 0.981. The number of nitrogens with one attached hydrogen (secondary N) is 1. The summed E-state index contributed by atoms with van der Waals surface area (Å²) < 4.78 is 7.74. The number of rotatable bonds is 13. The van der Waals surface area contributed by atoms with Crippen LogP contribution in [-0.2, 0) is 22.7 Å². The van der Waals surface area contributed by atoms with Crippen LogP contribution >= 0.6 is 0 Å². The standard InChI is InChI=1S/C27H40N4O6/c1-8-25(33)28-20(13-17(2)3)14-31-26(34)22(19(6)29-37-18(4)5)15-30(27(31)35)16-23(32)21-11-9-10-12-24(21)36-7/h9-12,15,17-18,20,23,32H,8,13-14,16H2,1-7H3,(H,28,33)/b29-19+/t20-,23?/m0/s1. The second-order valence-electron chi connectivity index (χ2n) is 9.73. The molecule has 2 atom stereocenters. The molecule has 1 unspecified atom stereocenters. The Morgan fingerprint density at radius 1 is 1.14 bits per heavy atom. The van der Waals surface area contributed by atoms with Crippen molar-refractivity contribution in [2.75, 3.05) is 7.11 Å². The van der Waals surface area contributed by atoms with Crippen molar-refractivity contribution in [1.29, 1.82) is 0 Å². The Bertz CT molecular complexity index is 1200. The van der Waals surface area contributed by atoms with Crippen LogP contribution in [0.1, 0.15) is 71.6 Å². The molecule has 1 amide bonds. The molecule has 10 heteroatoms. The number of aliphatic hydroxyl groups is 1. The number of para-hydroxylation sites is 1. The molecule has 2 aromatic rings. The van der Waals surface area contributed by atoms with Crippen LogP contribution < -0.4 is 21.3 Å². The van der Waals surface area contributed by atoms with Crippen LogP contribution in [0.2, 0.25) is 0 Å². The lowest BCUT2D eigenvalue weighted by atomic mass is 10.0. The number of carbonyl (C=O) groups is 1. The Morgan fingerprint density at radius 2 is 1.81 bits per heavy atom. The largest absolute Gasteiger partial charge is 0.496 e. The average Bonchev–Trinajstić information content (AvgIpc) is 2.85. The number of hydrogen-bond donors (Lipinski definition) is 2. The summed E-state index contributed by atoms with van der Waals surface area (Å²) in [5, 5.41) is 18.0. The van der Waals surface area contributed by atoms with Crippen molar-refractivity contribution >= 4 is 11.6 Å². The minimum Gasteiger partial charge on any atom is -0.496 e. The molecule has 0 fully saturated rings. The minimum atomic E-state index is -1.08. The van der Waals surface area contributed by atoms with Gasteiger partial charge in [-0.2, -0.15) is 0 Å². The zero-order valence-electron chi connectivity index (χ0n) is 22.9. The molecule has 204 valence electrons. The fourth-order valence-corrected chi connectivity index (χ4v) is 3.95. The van der Waals surface area contributed by atoms with Gasteiger partial charge in [-0.25, -0.2) is 4.79 Å². The minimum absolute atomic E-state index is 0.0154. The number of aromatic nitrogens is 2. The summed E-state index contributed by atoms with van der Waals surface area (Å²) in [6.45, 7) is 10.9. The van der Waals surface area contributed by atoms with Crippen LogP contribution in [0, 0.1) is 5.92 Å². The number of ether oxygens (including phenoxy) is 1. The maximum absolute atomic E-state index is 13.5. The number of carbonyl (C=O) groups excluding carboxylic acids is 1. The monoisotopic (exact) mass is 516 g/mol. The van der Waals surface area contributed by atoms with Crippen molar-refractivity contribution in [3.05, 3.63) is 62.4 Å². The van der Waals surface area contributed by atoms with Gasteiger partial charge in [-0.1, -0.05) is 44.1 Å². The van der Waals surface area contributed by atoms with E-state index in [-0.39, 0.29) is 43.0 Å². The van der Waals surface area contributed by atoms with Gasteiger partial charge >= 0.3 is 5.69 Å². The first-order valence-electron chi connectivity index (χ1n) is 12.6. The second-order valence-corrected chi connectivity index (χ2v) is 9.73. The predicted octanol–water partition coefficient (Wildman–Crippen LogP) is 2.84. The van der Waals surface area contributed by atoms with E-state index in [9.17, 15) is 19.5 Å². The molecule has 1 aromatic heterocycles. The van der Waals surface area contributed by atoms with E-state index in [2.05, 4.69) is 10.5 Å². The van der Waals surface area contributed by atoms with Crippen LogP contribution in [0.3, 0.4) is 0 Å². The van der Waals surface area contributed by atoms with Crippen molar-refractivity contribution in [2.45, 2.75) is 85.7 Å². The van der Waals surface area contributed by atoms with Crippen LogP contribution in [0.4, 0.5) is 0 Å². The van der Waals surface area contributed by atoms with Gasteiger partial charge in [0.05, 0.1) is 31.5 Å². The average molecular weight is 517 g/mol. The highest BCUT2D eigenvalue weighted by Crippen LogP contribution is 2.25. The number of aliphatic hydroxyl groups excluding tert-OH is 1. The van der Waals surface area contributed by atoms with Crippen molar-refractivity contribution in [1.82, 2.24) is 14.5 Å². The molecule has 37 heavy (non-hydrogen) atoms. The molecule has 0 aliphatic carbocycles. The topological polar surface area (TPSA) is 124 Å². The van der Waals surface area contributed by atoms with Crippen LogP contribution in [0.15, 0.2) is 45.2 Å². The van der Waals surface area contributed by atoms with Gasteiger partial charge < -0.3 is 20.0 Å². The van der Waals surface area contributed by atoms with Crippen molar-refractivity contribution in [3.63, 3.8) is 0 Å². The van der Waals surface area contributed by atoms with E-state index in [4.69, 9.17) is 9.57 Å². The van der Waals surface area contributed by atoms with Crippen LogP contribution in [0.5, 0.6) is 5.75 Å². The SMILES string of the molecule is CCC(=O)N[C@@H](CC(C)C)Cn1c(=O)c(/C(C)=N/OC(C)C)cn(CC(O)c2ccccc2OC)c1=O.